The highest BCUT2D eigenvalue weighted by molar-refractivity contribution is 6.33. The van der Waals surface area contributed by atoms with E-state index in [-0.39, 0.29) is 0 Å². The lowest BCUT2D eigenvalue weighted by molar-refractivity contribution is 0.688. The standard InChI is InChI=1S/C15H18ClN3/c1-10-14(9-19(2)18-10)13-6-3-11(7-15(13)16)8-17-12-4-5-12/h3,6-7,9,12,17H,4-5,8H2,1-2H3. The predicted octanol–water partition coefficient (Wildman–Crippen LogP) is 3.30. The molecule has 1 aromatic heterocycles. The molecule has 3 nitrogen and oxygen atoms in total. The van der Waals surface area contributed by atoms with Gasteiger partial charge in [-0.05, 0) is 31.4 Å². The summed E-state index contributed by atoms with van der Waals surface area (Å²) in [6.07, 6.45) is 4.63. The van der Waals surface area contributed by atoms with Crippen LogP contribution >= 0.6 is 11.6 Å². The number of hydrogen-bond donors (Lipinski definition) is 1. The van der Waals surface area contributed by atoms with Gasteiger partial charge in [-0.3, -0.25) is 4.68 Å². The number of hydrogen-bond acceptors (Lipinski definition) is 2. The van der Waals surface area contributed by atoms with Gasteiger partial charge in [0, 0.05) is 42.0 Å². The van der Waals surface area contributed by atoms with Gasteiger partial charge < -0.3 is 5.32 Å². The maximum atomic E-state index is 6.41. The molecular weight excluding hydrogens is 258 g/mol. The number of aromatic nitrogens is 2. The third kappa shape index (κ3) is 2.82. The lowest BCUT2D eigenvalue weighted by atomic mass is 10.0. The second kappa shape index (κ2) is 4.99. The van der Waals surface area contributed by atoms with Crippen molar-refractivity contribution < 1.29 is 0 Å². The van der Waals surface area contributed by atoms with Gasteiger partial charge in [-0.1, -0.05) is 23.7 Å². The molecule has 100 valence electrons. The Morgan fingerprint density at radius 1 is 1.37 bits per heavy atom. The monoisotopic (exact) mass is 275 g/mol. The lowest BCUT2D eigenvalue weighted by Crippen LogP contribution is -2.15. The lowest BCUT2D eigenvalue weighted by Gasteiger charge is -2.07. The van der Waals surface area contributed by atoms with E-state index in [0.717, 1.165) is 34.4 Å². The molecular formula is C15H18ClN3. The second-order valence-electron chi connectivity index (χ2n) is 5.27. The van der Waals surface area contributed by atoms with Gasteiger partial charge in [0.25, 0.3) is 0 Å². The van der Waals surface area contributed by atoms with Gasteiger partial charge in [0.2, 0.25) is 0 Å². The highest BCUT2D eigenvalue weighted by atomic mass is 35.5. The molecule has 4 heteroatoms. The molecule has 1 saturated carbocycles. The molecule has 0 aliphatic heterocycles. The molecule has 0 saturated heterocycles. The van der Waals surface area contributed by atoms with Gasteiger partial charge in [0.15, 0.2) is 0 Å². The van der Waals surface area contributed by atoms with Gasteiger partial charge >= 0.3 is 0 Å². The van der Waals surface area contributed by atoms with Crippen molar-refractivity contribution in [1.29, 1.82) is 0 Å². The molecule has 1 heterocycles. The first-order valence-electron chi connectivity index (χ1n) is 6.66. The molecule has 1 fully saturated rings. The molecule has 1 aliphatic rings. The summed E-state index contributed by atoms with van der Waals surface area (Å²) < 4.78 is 1.82. The summed E-state index contributed by atoms with van der Waals surface area (Å²) in [6.45, 7) is 2.91. The number of rotatable bonds is 4. The summed E-state index contributed by atoms with van der Waals surface area (Å²) in [5.41, 5.74) is 4.41. The minimum atomic E-state index is 0.721. The largest absolute Gasteiger partial charge is 0.310 e. The van der Waals surface area contributed by atoms with Crippen LogP contribution in [0.2, 0.25) is 5.02 Å². The van der Waals surface area contributed by atoms with E-state index in [2.05, 4.69) is 28.6 Å². The predicted molar refractivity (Wildman–Crippen MR) is 78.3 cm³/mol. The van der Waals surface area contributed by atoms with Crippen molar-refractivity contribution in [3.63, 3.8) is 0 Å². The second-order valence-corrected chi connectivity index (χ2v) is 5.68. The first kappa shape index (κ1) is 12.7. The molecule has 0 bridgehead atoms. The van der Waals surface area contributed by atoms with Crippen LogP contribution in [-0.4, -0.2) is 15.8 Å². The normalized spacial score (nSPS) is 14.9. The van der Waals surface area contributed by atoms with Crippen molar-refractivity contribution in [3.8, 4) is 11.1 Å². The maximum absolute atomic E-state index is 6.41. The quantitative estimate of drug-likeness (QED) is 0.928. The van der Waals surface area contributed by atoms with Crippen molar-refractivity contribution in [1.82, 2.24) is 15.1 Å². The zero-order chi connectivity index (χ0) is 13.4. The number of aryl methyl sites for hydroxylation is 2. The Morgan fingerprint density at radius 2 is 2.16 bits per heavy atom. The van der Waals surface area contributed by atoms with Crippen LogP contribution < -0.4 is 5.32 Å². The van der Waals surface area contributed by atoms with E-state index in [1.54, 1.807) is 0 Å². The van der Waals surface area contributed by atoms with Gasteiger partial charge in [0.05, 0.1) is 5.69 Å². The van der Waals surface area contributed by atoms with E-state index < -0.39 is 0 Å². The van der Waals surface area contributed by atoms with Crippen LogP contribution in [0.25, 0.3) is 11.1 Å². The Labute approximate surface area is 118 Å². The van der Waals surface area contributed by atoms with Crippen molar-refractivity contribution in [3.05, 3.63) is 40.7 Å². The van der Waals surface area contributed by atoms with Crippen LogP contribution in [0.4, 0.5) is 0 Å². The molecule has 0 unspecified atom stereocenters. The molecule has 19 heavy (non-hydrogen) atoms. The number of nitrogens with zero attached hydrogens (tertiary/aromatic N) is 2. The van der Waals surface area contributed by atoms with E-state index in [9.17, 15) is 0 Å². The molecule has 3 rings (SSSR count). The zero-order valence-electron chi connectivity index (χ0n) is 11.3. The van der Waals surface area contributed by atoms with Gasteiger partial charge in [-0.2, -0.15) is 5.10 Å². The third-order valence-corrected chi connectivity index (χ3v) is 3.82. The molecule has 1 aromatic carbocycles. The van der Waals surface area contributed by atoms with Crippen LogP contribution in [0.5, 0.6) is 0 Å². The number of halogens is 1. The Morgan fingerprint density at radius 3 is 2.74 bits per heavy atom. The van der Waals surface area contributed by atoms with Gasteiger partial charge in [-0.25, -0.2) is 0 Å². The van der Waals surface area contributed by atoms with Gasteiger partial charge in [0.1, 0.15) is 0 Å². The van der Waals surface area contributed by atoms with E-state index in [1.807, 2.05) is 24.9 Å². The van der Waals surface area contributed by atoms with Crippen LogP contribution in [-0.2, 0) is 13.6 Å². The van der Waals surface area contributed by atoms with Crippen LogP contribution in [0, 0.1) is 6.92 Å². The number of benzene rings is 1. The Kier molecular flexibility index (Phi) is 3.33. The van der Waals surface area contributed by atoms with Crippen molar-refractivity contribution >= 4 is 11.6 Å². The first-order chi connectivity index (χ1) is 9.13. The molecule has 0 amide bonds. The van der Waals surface area contributed by atoms with E-state index in [1.165, 1.54) is 18.4 Å². The minimum Gasteiger partial charge on any atom is -0.310 e. The minimum absolute atomic E-state index is 0.721. The fourth-order valence-corrected chi connectivity index (χ4v) is 2.61. The number of nitrogens with one attached hydrogen (secondary N) is 1. The molecule has 1 aliphatic carbocycles. The van der Waals surface area contributed by atoms with E-state index in [4.69, 9.17) is 11.6 Å². The topological polar surface area (TPSA) is 29.9 Å². The summed E-state index contributed by atoms with van der Waals surface area (Å²) in [5.74, 6) is 0. The zero-order valence-corrected chi connectivity index (χ0v) is 12.0. The van der Waals surface area contributed by atoms with Crippen LogP contribution in [0.3, 0.4) is 0 Å². The summed E-state index contributed by atoms with van der Waals surface area (Å²) in [7, 11) is 1.93. The summed E-state index contributed by atoms with van der Waals surface area (Å²) in [5, 5.41) is 8.66. The van der Waals surface area contributed by atoms with E-state index in [0.29, 0.717) is 0 Å². The first-order valence-corrected chi connectivity index (χ1v) is 7.03. The van der Waals surface area contributed by atoms with Crippen molar-refractivity contribution in [2.24, 2.45) is 7.05 Å². The van der Waals surface area contributed by atoms with Crippen LogP contribution in [0.1, 0.15) is 24.1 Å². The smallest absolute Gasteiger partial charge is 0.0672 e. The van der Waals surface area contributed by atoms with Crippen LogP contribution in [0.15, 0.2) is 24.4 Å². The Hall–Kier alpha value is -1.32. The molecule has 0 spiro atoms. The maximum Gasteiger partial charge on any atom is 0.0672 e. The average molecular weight is 276 g/mol. The SMILES string of the molecule is Cc1nn(C)cc1-c1ccc(CNC2CC2)cc1Cl. The Balaban J connectivity index is 1.84. The summed E-state index contributed by atoms with van der Waals surface area (Å²) in [6, 6.07) is 7.01. The van der Waals surface area contributed by atoms with E-state index >= 15 is 0 Å². The average Bonchev–Trinajstić information content (AvgIpc) is 3.12. The summed E-state index contributed by atoms with van der Waals surface area (Å²) in [4.78, 5) is 0. The molecule has 0 atom stereocenters. The Bertz CT molecular complexity index is 599. The fraction of sp³-hybridized carbons (Fsp3) is 0.400. The summed E-state index contributed by atoms with van der Waals surface area (Å²) >= 11 is 6.41. The van der Waals surface area contributed by atoms with Gasteiger partial charge in [-0.15, -0.1) is 0 Å². The third-order valence-electron chi connectivity index (χ3n) is 3.51. The fourth-order valence-electron chi connectivity index (χ4n) is 2.30. The highest BCUT2D eigenvalue weighted by Gasteiger charge is 2.20. The molecule has 1 N–H and O–H groups in total. The van der Waals surface area contributed by atoms with Crippen molar-refractivity contribution in [2.45, 2.75) is 32.4 Å². The molecule has 2 aromatic rings. The molecule has 0 radical (unpaired) electrons. The van der Waals surface area contributed by atoms with Crippen molar-refractivity contribution in [2.75, 3.05) is 0 Å². The highest BCUT2D eigenvalue weighted by Crippen LogP contribution is 2.30.